The van der Waals surface area contributed by atoms with Crippen LogP contribution < -0.4 is 0 Å². The molecule has 0 N–H and O–H groups in total. The number of hydrogen-bond acceptors (Lipinski definition) is 1. The number of Topliss-reactive ketones (excluding diaryl/α,β-unsaturated/α-hetero) is 1. The number of halogens is 2. The van der Waals surface area contributed by atoms with Crippen LogP contribution in [-0.4, -0.2) is 11.2 Å². The quantitative estimate of drug-likeness (QED) is 0.585. The van der Waals surface area contributed by atoms with Crippen LogP contribution >= 0.6 is 11.6 Å². The first kappa shape index (κ1) is 13.8. The fraction of sp³-hybridized carbons (Fsp3) is 0.188. The summed E-state index contributed by atoms with van der Waals surface area (Å²) in [5.74, 6) is -0.639. The van der Waals surface area contributed by atoms with Gasteiger partial charge < -0.3 is 0 Å². The number of carbonyl (C=O) groups excluding carboxylic acids is 1. The Morgan fingerprint density at radius 3 is 2.47 bits per heavy atom. The van der Waals surface area contributed by atoms with Gasteiger partial charge in [-0.25, -0.2) is 4.39 Å². The van der Waals surface area contributed by atoms with Crippen molar-refractivity contribution in [2.24, 2.45) is 0 Å². The van der Waals surface area contributed by atoms with Crippen molar-refractivity contribution >= 4 is 17.4 Å². The molecule has 0 aliphatic rings. The average Bonchev–Trinajstić information content (AvgIpc) is 2.46. The summed E-state index contributed by atoms with van der Waals surface area (Å²) in [5.41, 5.74) is 1.59. The highest BCUT2D eigenvalue weighted by molar-refractivity contribution is 6.33. The molecule has 98 valence electrons. The van der Waals surface area contributed by atoms with Gasteiger partial charge in [0.25, 0.3) is 0 Å². The van der Waals surface area contributed by atoms with E-state index in [1.54, 1.807) is 12.1 Å². The predicted molar refractivity (Wildman–Crippen MR) is 76.1 cm³/mol. The van der Waals surface area contributed by atoms with E-state index in [-0.39, 0.29) is 5.78 Å². The second kappa shape index (κ2) is 5.98. The van der Waals surface area contributed by atoms with Gasteiger partial charge >= 0.3 is 0 Å². The molecule has 0 aliphatic carbocycles. The van der Waals surface area contributed by atoms with Crippen molar-refractivity contribution in [3.8, 4) is 11.1 Å². The number of rotatable bonds is 4. The van der Waals surface area contributed by atoms with Crippen LogP contribution in [0.15, 0.2) is 48.5 Å². The molecule has 0 radical (unpaired) electrons. The Morgan fingerprint density at radius 1 is 1.21 bits per heavy atom. The highest BCUT2D eigenvalue weighted by atomic mass is 35.5. The smallest absolute Gasteiger partial charge is 0.180 e. The molecule has 0 saturated heterocycles. The molecule has 2 aromatic rings. The molecular formula is C16H14ClFO. The van der Waals surface area contributed by atoms with Gasteiger partial charge in [0.15, 0.2) is 5.78 Å². The highest BCUT2D eigenvalue weighted by Gasteiger charge is 2.17. The van der Waals surface area contributed by atoms with Gasteiger partial charge in [-0.2, -0.15) is 0 Å². The maximum Gasteiger partial charge on any atom is 0.180 e. The SMILES string of the molecule is CCC(Cl)C(=O)c1ccc(-c2ccccc2)c(F)c1. The maximum atomic E-state index is 14.1. The lowest BCUT2D eigenvalue weighted by molar-refractivity contribution is 0.0985. The van der Waals surface area contributed by atoms with Crippen molar-refractivity contribution in [3.05, 3.63) is 59.9 Å². The van der Waals surface area contributed by atoms with Gasteiger partial charge in [0.2, 0.25) is 0 Å². The van der Waals surface area contributed by atoms with Crippen molar-refractivity contribution in [3.63, 3.8) is 0 Å². The topological polar surface area (TPSA) is 17.1 Å². The molecule has 0 heterocycles. The molecule has 0 amide bonds. The Bertz CT molecular complexity index is 581. The molecule has 2 rings (SSSR count). The van der Waals surface area contributed by atoms with Crippen LogP contribution in [0.4, 0.5) is 4.39 Å². The standard InChI is InChI=1S/C16H14ClFO/c1-2-14(17)16(19)12-8-9-13(15(18)10-12)11-6-4-3-5-7-11/h3-10,14H,2H2,1H3. The van der Waals surface area contributed by atoms with E-state index in [1.807, 2.05) is 37.3 Å². The Hall–Kier alpha value is -1.67. The van der Waals surface area contributed by atoms with E-state index in [4.69, 9.17) is 11.6 Å². The Morgan fingerprint density at radius 2 is 1.89 bits per heavy atom. The average molecular weight is 277 g/mol. The summed E-state index contributed by atoms with van der Waals surface area (Å²) in [4.78, 5) is 11.9. The highest BCUT2D eigenvalue weighted by Crippen LogP contribution is 2.24. The minimum Gasteiger partial charge on any atom is -0.293 e. The third-order valence-electron chi connectivity index (χ3n) is 2.98. The monoisotopic (exact) mass is 276 g/mol. The molecule has 1 nitrogen and oxygen atoms in total. The first-order valence-electron chi connectivity index (χ1n) is 6.16. The fourth-order valence-corrected chi connectivity index (χ4v) is 2.01. The normalized spacial score (nSPS) is 12.2. The fourth-order valence-electron chi connectivity index (χ4n) is 1.89. The molecular weight excluding hydrogens is 263 g/mol. The van der Waals surface area contributed by atoms with Crippen LogP contribution in [0.2, 0.25) is 0 Å². The van der Waals surface area contributed by atoms with E-state index >= 15 is 0 Å². The van der Waals surface area contributed by atoms with Gasteiger partial charge in [-0.05, 0) is 18.1 Å². The third-order valence-corrected chi connectivity index (χ3v) is 3.49. The van der Waals surface area contributed by atoms with Crippen molar-refractivity contribution in [1.29, 1.82) is 0 Å². The zero-order valence-electron chi connectivity index (χ0n) is 10.6. The van der Waals surface area contributed by atoms with Crippen molar-refractivity contribution in [2.75, 3.05) is 0 Å². The van der Waals surface area contributed by atoms with Gasteiger partial charge in [0.1, 0.15) is 5.82 Å². The number of ketones is 1. The Labute approximate surface area is 117 Å². The molecule has 0 aliphatic heterocycles. The van der Waals surface area contributed by atoms with E-state index in [0.717, 1.165) is 5.56 Å². The van der Waals surface area contributed by atoms with Crippen LogP contribution in [0.3, 0.4) is 0 Å². The second-order valence-corrected chi connectivity index (χ2v) is 4.83. The lowest BCUT2D eigenvalue weighted by atomic mass is 10.00. The number of alkyl halides is 1. The van der Waals surface area contributed by atoms with Gasteiger partial charge in [0, 0.05) is 11.1 Å². The Kier molecular flexibility index (Phi) is 4.33. The largest absolute Gasteiger partial charge is 0.293 e. The maximum absolute atomic E-state index is 14.1. The zero-order valence-corrected chi connectivity index (χ0v) is 11.3. The van der Waals surface area contributed by atoms with E-state index in [1.165, 1.54) is 6.07 Å². The third kappa shape index (κ3) is 3.02. The van der Waals surface area contributed by atoms with Gasteiger partial charge in [-0.15, -0.1) is 11.6 Å². The van der Waals surface area contributed by atoms with Crippen LogP contribution in [0.1, 0.15) is 23.7 Å². The van der Waals surface area contributed by atoms with Crippen LogP contribution in [0.5, 0.6) is 0 Å². The molecule has 2 aromatic carbocycles. The number of hydrogen-bond donors (Lipinski definition) is 0. The minimum absolute atomic E-state index is 0.234. The summed E-state index contributed by atoms with van der Waals surface area (Å²) in [6, 6.07) is 13.7. The zero-order chi connectivity index (χ0) is 13.8. The van der Waals surface area contributed by atoms with Crippen molar-refractivity contribution < 1.29 is 9.18 Å². The van der Waals surface area contributed by atoms with Gasteiger partial charge in [-0.3, -0.25) is 4.79 Å². The minimum atomic E-state index is -0.595. The molecule has 0 spiro atoms. The molecule has 0 saturated carbocycles. The predicted octanol–water partition coefficient (Wildman–Crippen LogP) is 4.69. The molecule has 0 bridgehead atoms. The van der Waals surface area contributed by atoms with Gasteiger partial charge in [0.05, 0.1) is 5.38 Å². The summed E-state index contributed by atoms with van der Waals surface area (Å²) in [6.45, 7) is 1.82. The Balaban J connectivity index is 2.35. The summed E-state index contributed by atoms with van der Waals surface area (Å²) >= 11 is 5.89. The van der Waals surface area contributed by atoms with Crippen molar-refractivity contribution in [1.82, 2.24) is 0 Å². The molecule has 0 fully saturated rings. The van der Waals surface area contributed by atoms with Crippen LogP contribution in [0, 0.1) is 5.82 Å². The summed E-state index contributed by atoms with van der Waals surface area (Å²) < 4.78 is 14.1. The first-order valence-corrected chi connectivity index (χ1v) is 6.60. The van der Waals surface area contributed by atoms with E-state index in [0.29, 0.717) is 17.5 Å². The first-order chi connectivity index (χ1) is 9.13. The second-order valence-electron chi connectivity index (χ2n) is 4.30. The lowest BCUT2D eigenvalue weighted by Gasteiger charge is -2.08. The summed E-state index contributed by atoms with van der Waals surface area (Å²) in [5, 5.41) is -0.595. The number of carbonyl (C=O) groups is 1. The number of benzene rings is 2. The molecule has 3 heteroatoms. The van der Waals surface area contributed by atoms with E-state index in [2.05, 4.69) is 0 Å². The van der Waals surface area contributed by atoms with Crippen LogP contribution in [0.25, 0.3) is 11.1 Å². The molecule has 1 unspecified atom stereocenters. The molecule has 19 heavy (non-hydrogen) atoms. The van der Waals surface area contributed by atoms with Gasteiger partial charge in [-0.1, -0.05) is 49.4 Å². The van der Waals surface area contributed by atoms with E-state index in [9.17, 15) is 9.18 Å². The summed E-state index contributed by atoms with van der Waals surface area (Å²) in [6.07, 6.45) is 0.530. The summed E-state index contributed by atoms with van der Waals surface area (Å²) in [7, 11) is 0. The van der Waals surface area contributed by atoms with Crippen molar-refractivity contribution in [2.45, 2.75) is 18.7 Å². The molecule has 0 aromatic heterocycles. The molecule has 1 atom stereocenters. The van der Waals surface area contributed by atoms with E-state index < -0.39 is 11.2 Å². The lowest BCUT2D eigenvalue weighted by Crippen LogP contribution is -2.13. The van der Waals surface area contributed by atoms with Crippen LogP contribution in [-0.2, 0) is 0 Å².